The molecule has 0 aliphatic rings. The van der Waals surface area contributed by atoms with Crippen LogP contribution in [0, 0.1) is 0 Å². The molecular weight excluding hydrogens is 803 g/mol. The normalized spacial score (nSPS) is 12.9. The Balaban J connectivity index is 3.47. The van der Waals surface area contributed by atoms with Crippen LogP contribution in [0.25, 0.3) is 0 Å². The molecule has 0 spiro atoms. The average Bonchev–Trinajstić information content (AvgIpc) is 3.31. The van der Waals surface area contributed by atoms with Gasteiger partial charge in [0.15, 0.2) is 0 Å². The second-order valence-corrected chi connectivity index (χ2v) is 19.6. The molecule has 0 radical (unpaired) electrons. The van der Waals surface area contributed by atoms with E-state index in [9.17, 15) is 19.8 Å². The van der Waals surface area contributed by atoms with E-state index >= 15 is 0 Å². The second-order valence-electron chi connectivity index (χ2n) is 19.6. The molecule has 1 amide bonds. The Labute approximate surface area is 404 Å². The summed E-state index contributed by atoms with van der Waals surface area (Å²) >= 11 is 0. The molecule has 0 aliphatic heterocycles. The highest BCUT2D eigenvalue weighted by Crippen LogP contribution is 2.16. The molecular formula is C59H111NO5. The maximum absolute atomic E-state index is 12.5. The number of hydrogen-bond donors (Lipinski definition) is 3. The molecule has 0 fully saturated rings. The number of carbonyl (C=O) groups excluding carboxylic acids is 2. The molecule has 0 bridgehead atoms. The first-order valence-corrected chi connectivity index (χ1v) is 28.8. The Bertz CT molecular complexity index is 1060. The van der Waals surface area contributed by atoms with E-state index in [0.717, 1.165) is 51.4 Å². The van der Waals surface area contributed by atoms with Gasteiger partial charge in [0.2, 0.25) is 5.91 Å². The lowest BCUT2D eigenvalue weighted by molar-refractivity contribution is -0.143. The number of carbonyl (C=O) groups is 2. The van der Waals surface area contributed by atoms with Crippen molar-refractivity contribution in [1.29, 1.82) is 0 Å². The standard InChI is InChI=1S/C59H111NO5/c1-3-5-7-9-11-13-15-17-18-25-28-31-35-39-43-47-51-57(62)56(55-61)60-58(63)52-48-44-40-36-32-29-26-23-21-19-20-22-24-27-30-34-38-42-46-50-54-65-59(64)53-49-45-41-37-33-16-14-12-10-8-6-4-2/h12,14,19,21,47,51,56-57,61-62H,3-11,13,15-18,20,22-46,48-50,52-55H2,1-2H3,(H,60,63)/b14-12-,21-19-,51-47+. The van der Waals surface area contributed by atoms with Gasteiger partial charge in [0, 0.05) is 12.8 Å². The van der Waals surface area contributed by atoms with Crippen molar-refractivity contribution < 1.29 is 24.5 Å². The minimum atomic E-state index is -0.850. The van der Waals surface area contributed by atoms with Crippen LogP contribution < -0.4 is 5.32 Å². The molecule has 0 heterocycles. The van der Waals surface area contributed by atoms with Gasteiger partial charge in [0.05, 0.1) is 25.4 Å². The van der Waals surface area contributed by atoms with Crippen molar-refractivity contribution in [2.45, 2.75) is 315 Å². The molecule has 0 saturated heterocycles. The Morgan fingerprint density at radius 2 is 0.723 bits per heavy atom. The van der Waals surface area contributed by atoms with Gasteiger partial charge in [-0.2, -0.15) is 0 Å². The van der Waals surface area contributed by atoms with Crippen LogP contribution >= 0.6 is 0 Å². The van der Waals surface area contributed by atoms with Crippen molar-refractivity contribution in [3.05, 3.63) is 36.5 Å². The third-order valence-corrected chi connectivity index (χ3v) is 13.1. The Hall–Kier alpha value is -1.92. The number of amides is 1. The molecule has 2 unspecified atom stereocenters. The maximum Gasteiger partial charge on any atom is 0.305 e. The van der Waals surface area contributed by atoms with E-state index in [2.05, 4.69) is 43.5 Å². The molecule has 0 aliphatic carbocycles. The predicted molar refractivity (Wildman–Crippen MR) is 283 cm³/mol. The van der Waals surface area contributed by atoms with E-state index in [-0.39, 0.29) is 18.5 Å². The largest absolute Gasteiger partial charge is 0.466 e. The van der Waals surface area contributed by atoms with Gasteiger partial charge in [-0.1, -0.05) is 243 Å². The van der Waals surface area contributed by atoms with Crippen LogP contribution in [0.4, 0.5) is 0 Å². The molecule has 0 aromatic carbocycles. The Morgan fingerprint density at radius 1 is 0.415 bits per heavy atom. The Morgan fingerprint density at radius 3 is 1.12 bits per heavy atom. The fraction of sp³-hybridized carbons (Fsp3) is 0.864. The fourth-order valence-corrected chi connectivity index (χ4v) is 8.68. The number of rotatable bonds is 53. The molecule has 65 heavy (non-hydrogen) atoms. The van der Waals surface area contributed by atoms with Crippen molar-refractivity contribution in [2.24, 2.45) is 0 Å². The van der Waals surface area contributed by atoms with Crippen LogP contribution in [-0.4, -0.2) is 47.4 Å². The number of aliphatic hydroxyl groups excluding tert-OH is 2. The van der Waals surface area contributed by atoms with Gasteiger partial charge in [0.25, 0.3) is 0 Å². The van der Waals surface area contributed by atoms with Gasteiger partial charge in [-0.25, -0.2) is 0 Å². The van der Waals surface area contributed by atoms with E-state index in [0.29, 0.717) is 19.4 Å². The summed E-state index contributed by atoms with van der Waals surface area (Å²) < 4.78 is 5.46. The van der Waals surface area contributed by atoms with E-state index in [4.69, 9.17) is 4.74 Å². The molecule has 0 rings (SSSR count). The first-order chi connectivity index (χ1) is 32.0. The maximum atomic E-state index is 12.5. The average molecular weight is 915 g/mol. The summed E-state index contributed by atoms with van der Waals surface area (Å²) in [6, 6.07) is -0.634. The van der Waals surface area contributed by atoms with Gasteiger partial charge in [-0.3, -0.25) is 9.59 Å². The summed E-state index contributed by atoms with van der Waals surface area (Å²) in [5.74, 6) is -0.0809. The number of hydrogen-bond acceptors (Lipinski definition) is 5. The summed E-state index contributed by atoms with van der Waals surface area (Å²) in [5.41, 5.74) is 0. The quantitative estimate of drug-likeness (QED) is 0.0321. The van der Waals surface area contributed by atoms with E-state index in [1.165, 1.54) is 225 Å². The lowest BCUT2D eigenvalue weighted by Crippen LogP contribution is -2.45. The zero-order valence-corrected chi connectivity index (χ0v) is 43.5. The van der Waals surface area contributed by atoms with Gasteiger partial charge in [-0.05, 0) is 83.5 Å². The number of allylic oxidation sites excluding steroid dienone is 5. The summed E-state index contributed by atoms with van der Waals surface area (Å²) in [6.45, 7) is 4.87. The van der Waals surface area contributed by atoms with Crippen molar-refractivity contribution in [3.8, 4) is 0 Å². The highest BCUT2D eigenvalue weighted by Gasteiger charge is 2.18. The summed E-state index contributed by atoms with van der Waals surface area (Å²) in [4.78, 5) is 24.5. The molecule has 0 aromatic heterocycles. The van der Waals surface area contributed by atoms with Gasteiger partial charge < -0.3 is 20.3 Å². The minimum absolute atomic E-state index is 0.00486. The van der Waals surface area contributed by atoms with Gasteiger partial charge >= 0.3 is 5.97 Å². The number of unbranched alkanes of at least 4 members (excludes halogenated alkanes) is 38. The first kappa shape index (κ1) is 63.1. The third-order valence-electron chi connectivity index (χ3n) is 13.1. The van der Waals surface area contributed by atoms with Crippen LogP contribution in [0.5, 0.6) is 0 Å². The molecule has 0 saturated carbocycles. The number of aliphatic hydroxyl groups is 2. The smallest absolute Gasteiger partial charge is 0.305 e. The van der Waals surface area contributed by atoms with Crippen LogP contribution in [0.2, 0.25) is 0 Å². The summed E-state index contributed by atoms with van der Waals surface area (Å²) in [6.07, 6.45) is 67.3. The highest BCUT2D eigenvalue weighted by molar-refractivity contribution is 5.76. The molecule has 3 N–H and O–H groups in total. The molecule has 382 valence electrons. The summed E-state index contributed by atoms with van der Waals surface area (Å²) in [5, 5.41) is 23.1. The second kappa shape index (κ2) is 54.7. The highest BCUT2D eigenvalue weighted by atomic mass is 16.5. The number of nitrogens with one attached hydrogen (secondary N) is 1. The van der Waals surface area contributed by atoms with Gasteiger partial charge in [-0.15, -0.1) is 0 Å². The van der Waals surface area contributed by atoms with E-state index in [1.54, 1.807) is 6.08 Å². The van der Waals surface area contributed by atoms with Crippen LogP contribution in [0.15, 0.2) is 36.5 Å². The zero-order valence-electron chi connectivity index (χ0n) is 43.5. The minimum Gasteiger partial charge on any atom is -0.466 e. The summed E-state index contributed by atoms with van der Waals surface area (Å²) in [7, 11) is 0. The lowest BCUT2D eigenvalue weighted by atomic mass is 10.0. The van der Waals surface area contributed by atoms with Crippen molar-refractivity contribution in [3.63, 3.8) is 0 Å². The van der Waals surface area contributed by atoms with Crippen LogP contribution in [-0.2, 0) is 14.3 Å². The molecule has 0 aromatic rings. The van der Waals surface area contributed by atoms with E-state index < -0.39 is 12.1 Å². The van der Waals surface area contributed by atoms with Crippen molar-refractivity contribution in [2.75, 3.05) is 13.2 Å². The Kier molecular flexibility index (Phi) is 53.1. The first-order valence-electron chi connectivity index (χ1n) is 28.8. The van der Waals surface area contributed by atoms with Crippen LogP contribution in [0.1, 0.15) is 303 Å². The topological polar surface area (TPSA) is 95.9 Å². The van der Waals surface area contributed by atoms with Crippen molar-refractivity contribution in [1.82, 2.24) is 5.32 Å². The predicted octanol–water partition coefficient (Wildman–Crippen LogP) is 17.6. The van der Waals surface area contributed by atoms with Crippen molar-refractivity contribution >= 4 is 11.9 Å². The fourth-order valence-electron chi connectivity index (χ4n) is 8.68. The number of ether oxygens (including phenoxy) is 1. The SMILES string of the molecule is CCCCC/C=C\CCCCCCCC(=O)OCCCCCCCCCCC/C=C\CCCCCCCCCC(=O)NC(CO)C(O)/C=C/CCCCCCCCCCCCCCCC. The van der Waals surface area contributed by atoms with E-state index in [1.807, 2.05) is 6.08 Å². The lowest BCUT2D eigenvalue weighted by Gasteiger charge is -2.20. The molecule has 6 heteroatoms. The third kappa shape index (κ3) is 51.3. The number of esters is 1. The zero-order chi connectivity index (χ0) is 47.2. The van der Waals surface area contributed by atoms with Crippen LogP contribution in [0.3, 0.4) is 0 Å². The van der Waals surface area contributed by atoms with Gasteiger partial charge in [0.1, 0.15) is 0 Å². The molecule has 6 nitrogen and oxygen atoms in total. The molecule has 2 atom stereocenters. The monoisotopic (exact) mass is 914 g/mol.